The minimum Gasteiger partial charge on any atom is -0.337 e. The first-order valence-electron chi connectivity index (χ1n) is 9.41. The molecule has 7 heteroatoms. The number of amides is 1. The van der Waals surface area contributed by atoms with Gasteiger partial charge in [-0.05, 0) is 31.2 Å². The lowest BCUT2D eigenvalue weighted by Gasteiger charge is -2.27. The van der Waals surface area contributed by atoms with Gasteiger partial charge < -0.3 is 4.90 Å². The summed E-state index contributed by atoms with van der Waals surface area (Å²) in [6.45, 7) is 0. The highest BCUT2D eigenvalue weighted by Crippen LogP contribution is 2.34. The van der Waals surface area contributed by atoms with Crippen LogP contribution in [0.4, 0.5) is 0 Å². The molecular formula is C19H24IN5O. The van der Waals surface area contributed by atoms with Crippen LogP contribution in [0.25, 0.3) is 11.4 Å². The van der Waals surface area contributed by atoms with E-state index in [-0.39, 0.29) is 5.91 Å². The first kappa shape index (κ1) is 17.9. The van der Waals surface area contributed by atoms with Gasteiger partial charge >= 0.3 is 0 Å². The fourth-order valence-electron chi connectivity index (χ4n) is 4.28. The highest BCUT2D eigenvalue weighted by atomic mass is 127. The molecule has 6 nitrogen and oxygen atoms in total. The van der Waals surface area contributed by atoms with E-state index in [2.05, 4.69) is 37.7 Å². The van der Waals surface area contributed by atoms with E-state index in [0.717, 1.165) is 52.0 Å². The van der Waals surface area contributed by atoms with Gasteiger partial charge in [-0.2, -0.15) is 5.10 Å². The summed E-state index contributed by atoms with van der Waals surface area (Å²) >= 11 is 2.13. The number of nitrogens with zero attached hydrogens (tertiary/aromatic N) is 5. The van der Waals surface area contributed by atoms with Crippen LogP contribution in [0.3, 0.4) is 0 Å². The summed E-state index contributed by atoms with van der Waals surface area (Å²) in [4.78, 5) is 24.1. The van der Waals surface area contributed by atoms with Crippen molar-refractivity contribution in [3.8, 4) is 11.4 Å². The standard InChI is InChI=1S/C19H24IN5O/c1-24(13-7-5-3-4-6-8-13)18(26)16-14-10-9-12-11-21-19(20)22-15(12)17(14)25(2)23-16/h11,13H,3-10H2,1-2H3. The van der Waals surface area contributed by atoms with Crippen molar-refractivity contribution in [2.24, 2.45) is 7.05 Å². The van der Waals surface area contributed by atoms with Crippen LogP contribution < -0.4 is 0 Å². The molecule has 2 aromatic heterocycles. The Bertz CT molecular complexity index is 839. The number of aryl methyl sites for hydroxylation is 2. The van der Waals surface area contributed by atoms with Crippen LogP contribution in [-0.2, 0) is 19.9 Å². The zero-order valence-corrected chi connectivity index (χ0v) is 17.5. The van der Waals surface area contributed by atoms with Gasteiger partial charge in [0.1, 0.15) is 0 Å². The minimum absolute atomic E-state index is 0.0564. The van der Waals surface area contributed by atoms with Crippen molar-refractivity contribution in [2.45, 2.75) is 57.4 Å². The van der Waals surface area contributed by atoms with Crippen LogP contribution in [-0.4, -0.2) is 43.6 Å². The van der Waals surface area contributed by atoms with Crippen molar-refractivity contribution in [1.29, 1.82) is 0 Å². The van der Waals surface area contributed by atoms with E-state index < -0.39 is 0 Å². The molecule has 138 valence electrons. The van der Waals surface area contributed by atoms with Crippen molar-refractivity contribution in [3.63, 3.8) is 0 Å². The van der Waals surface area contributed by atoms with E-state index in [1.807, 2.05) is 29.9 Å². The molecule has 0 N–H and O–H groups in total. The van der Waals surface area contributed by atoms with Crippen molar-refractivity contribution in [2.75, 3.05) is 7.05 Å². The third-order valence-electron chi connectivity index (χ3n) is 5.74. The number of hydrogen-bond acceptors (Lipinski definition) is 4. The first-order chi connectivity index (χ1) is 12.6. The maximum atomic E-state index is 13.2. The largest absolute Gasteiger partial charge is 0.337 e. The number of carbonyl (C=O) groups is 1. The smallest absolute Gasteiger partial charge is 0.274 e. The molecule has 2 aromatic rings. The lowest BCUT2D eigenvalue weighted by molar-refractivity contribution is 0.0710. The second-order valence-electron chi connectivity index (χ2n) is 7.37. The molecule has 0 radical (unpaired) electrons. The van der Waals surface area contributed by atoms with Crippen LogP contribution in [0.15, 0.2) is 6.20 Å². The molecule has 0 saturated heterocycles. The topological polar surface area (TPSA) is 63.9 Å². The van der Waals surface area contributed by atoms with Gasteiger partial charge in [0.2, 0.25) is 0 Å². The van der Waals surface area contributed by atoms with Crippen LogP contribution in [0.2, 0.25) is 0 Å². The quantitative estimate of drug-likeness (QED) is 0.388. The van der Waals surface area contributed by atoms with Gasteiger partial charge in [-0.1, -0.05) is 25.7 Å². The molecule has 2 aliphatic rings. The summed E-state index contributed by atoms with van der Waals surface area (Å²) in [6, 6.07) is 0.335. The highest BCUT2D eigenvalue weighted by molar-refractivity contribution is 14.1. The Hall–Kier alpha value is -1.51. The molecule has 1 saturated carbocycles. The molecule has 0 atom stereocenters. The predicted molar refractivity (Wildman–Crippen MR) is 108 cm³/mol. The molecule has 0 aromatic carbocycles. The van der Waals surface area contributed by atoms with Gasteiger partial charge in [0.05, 0.1) is 11.4 Å². The number of hydrogen-bond donors (Lipinski definition) is 0. The Balaban J connectivity index is 1.69. The Kier molecular flexibility index (Phi) is 4.98. The lowest BCUT2D eigenvalue weighted by Crippen LogP contribution is -2.37. The first-order valence-corrected chi connectivity index (χ1v) is 10.5. The summed E-state index contributed by atoms with van der Waals surface area (Å²) in [5.74, 6) is 0.0564. The second kappa shape index (κ2) is 7.25. The van der Waals surface area contributed by atoms with Crippen LogP contribution in [0.1, 0.15) is 60.1 Å². The molecule has 0 bridgehead atoms. The molecule has 26 heavy (non-hydrogen) atoms. The van der Waals surface area contributed by atoms with Crippen molar-refractivity contribution >= 4 is 28.5 Å². The average Bonchev–Trinajstić information content (AvgIpc) is 2.82. The lowest BCUT2D eigenvalue weighted by atomic mass is 9.93. The molecule has 0 aliphatic heterocycles. The molecule has 0 spiro atoms. The highest BCUT2D eigenvalue weighted by Gasteiger charge is 2.31. The second-order valence-corrected chi connectivity index (χ2v) is 8.34. The van der Waals surface area contributed by atoms with E-state index in [0.29, 0.717) is 11.7 Å². The van der Waals surface area contributed by atoms with Gasteiger partial charge in [-0.15, -0.1) is 0 Å². The zero-order chi connectivity index (χ0) is 18.3. The third kappa shape index (κ3) is 3.14. The summed E-state index contributed by atoms with van der Waals surface area (Å²) < 4.78 is 2.55. The maximum absolute atomic E-state index is 13.2. The van der Waals surface area contributed by atoms with Crippen LogP contribution >= 0.6 is 22.6 Å². The Morgan fingerprint density at radius 3 is 2.69 bits per heavy atom. The summed E-state index contributed by atoms with van der Waals surface area (Å²) in [7, 11) is 3.85. The number of aromatic nitrogens is 4. The van der Waals surface area contributed by atoms with Crippen LogP contribution in [0, 0.1) is 3.83 Å². The van der Waals surface area contributed by atoms with Crippen molar-refractivity contribution < 1.29 is 4.79 Å². The number of rotatable bonds is 2. The monoisotopic (exact) mass is 465 g/mol. The van der Waals surface area contributed by atoms with Gasteiger partial charge in [0.25, 0.3) is 5.91 Å². The van der Waals surface area contributed by atoms with Gasteiger partial charge in [-0.3, -0.25) is 9.48 Å². The Morgan fingerprint density at radius 2 is 1.96 bits per heavy atom. The Labute approximate surface area is 167 Å². The molecule has 1 amide bonds. The van der Waals surface area contributed by atoms with E-state index in [9.17, 15) is 4.79 Å². The predicted octanol–water partition coefficient (Wildman–Crippen LogP) is 3.38. The zero-order valence-electron chi connectivity index (χ0n) is 15.3. The molecular weight excluding hydrogens is 441 g/mol. The van der Waals surface area contributed by atoms with E-state index in [1.165, 1.54) is 25.7 Å². The van der Waals surface area contributed by atoms with E-state index in [4.69, 9.17) is 0 Å². The number of halogens is 1. The van der Waals surface area contributed by atoms with Crippen molar-refractivity contribution in [1.82, 2.24) is 24.6 Å². The van der Waals surface area contributed by atoms with Crippen LogP contribution in [0.5, 0.6) is 0 Å². The summed E-state index contributed by atoms with van der Waals surface area (Å²) in [5.41, 5.74) is 4.69. The molecule has 4 rings (SSSR count). The summed E-state index contributed by atoms with van der Waals surface area (Å²) in [6.07, 6.45) is 10.8. The normalized spacial score (nSPS) is 17.3. The third-order valence-corrected chi connectivity index (χ3v) is 6.26. The minimum atomic E-state index is 0.0564. The van der Waals surface area contributed by atoms with E-state index in [1.54, 1.807) is 0 Å². The number of carbonyl (C=O) groups excluding carboxylic acids is 1. The fraction of sp³-hybridized carbons (Fsp3) is 0.579. The average molecular weight is 465 g/mol. The molecule has 2 heterocycles. The SMILES string of the molecule is CN(C(=O)c1nn(C)c2c1CCc1cnc(I)nc1-2)C1CCCCCC1. The van der Waals surface area contributed by atoms with Crippen molar-refractivity contribution in [3.05, 3.63) is 26.8 Å². The van der Waals surface area contributed by atoms with Gasteiger partial charge in [-0.25, -0.2) is 9.97 Å². The van der Waals surface area contributed by atoms with Gasteiger partial charge in [0.15, 0.2) is 9.53 Å². The Morgan fingerprint density at radius 1 is 1.23 bits per heavy atom. The molecule has 1 fully saturated rings. The van der Waals surface area contributed by atoms with E-state index >= 15 is 0 Å². The van der Waals surface area contributed by atoms with Gasteiger partial charge in [0, 0.05) is 54.5 Å². The number of fused-ring (bicyclic) bond motifs is 3. The summed E-state index contributed by atoms with van der Waals surface area (Å²) in [5, 5.41) is 4.62. The maximum Gasteiger partial charge on any atom is 0.274 e. The fourth-order valence-corrected chi connectivity index (χ4v) is 4.66. The molecule has 0 unspecified atom stereocenters. The molecule has 2 aliphatic carbocycles.